The van der Waals surface area contributed by atoms with Crippen LogP contribution in [0.15, 0.2) is 22.7 Å². The molecular formula is C11H13BrO2. The van der Waals surface area contributed by atoms with Crippen molar-refractivity contribution >= 4 is 21.7 Å². The van der Waals surface area contributed by atoms with Gasteiger partial charge in [-0.2, -0.15) is 0 Å². The fourth-order valence-corrected chi connectivity index (χ4v) is 1.51. The zero-order valence-electron chi connectivity index (χ0n) is 8.34. The summed E-state index contributed by atoms with van der Waals surface area (Å²) in [6, 6.07) is 5.42. The maximum Gasteiger partial charge on any atom is 0.162 e. The van der Waals surface area contributed by atoms with Crippen LogP contribution >= 0.6 is 15.9 Å². The van der Waals surface area contributed by atoms with E-state index in [0.717, 1.165) is 10.2 Å². The van der Waals surface area contributed by atoms with Gasteiger partial charge < -0.3 is 4.74 Å². The number of Topliss-reactive ketones (excluding diaryl/α,β-unsaturated/α-hetero) is 1. The third-order valence-corrected chi connectivity index (χ3v) is 2.53. The largest absolute Gasteiger partial charge is 0.493 e. The first-order valence-corrected chi connectivity index (χ1v) is 5.43. The van der Waals surface area contributed by atoms with E-state index in [4.69, 9.17) is 4.74 Å². The SMILES string of the molecule is CCOc1cc(C(=O)CC)ccc1Br. The lowest BCUT2D eigenvalue weighted by atomic mass is 10.1. The van der Waals surface area contributed by atoms with Gasteiger partial charge in [-0.3, -0.25) is 4.79 Å². The van der Waals surface area contributed by atoms with Gasteiger partial charge in [-0.05, 0) is 35.0 Å². The highest BCUT2D eigenvalue weighted by molar-refractivity contribution is 9.10. The number of carbonyl (C=O) groups excluding carboxylic acids is 1. The van der Waals surface area contributed by atoms with Crippen LogP contribution in [0.2, 0.25) is 0 Å². The van der Waals surface area contributed by atoms with Crippen LogP contribution in [0.25, 0.3) is 0 Å². The molecule has 3 heteroatoms. The molecule has 0 bridgehead atoms. The predicted molar refractivity (Wildman–Crippen MR) is 59.9 cm³/mol. The Bertz CT molecular complexity index is 334. The maximum atomic E-state index is 11.4. The maximum absolute atomic E-state index is 11.4. The summed E-state index contributed by atoms with van der Waals surface area (Å²) in [4.78, 5) is 11.4. The van der Waals surface area contributed by atoms with Gasteiger partial charge in [0.15, 0.2) is 5.78 Å². The molecule has 1 rings (SSSR count). The second kappa shape index (κ2) is 5.15. The number of ether oxygens (including phenoxy) is 1. The van der Waals surface area contributed by atoms with Crippen LogP contribution in [0, 0.1) is 0 Å². The topological polar surface area (TPSA) is 26.3 Å². The summed E-state index contributed by atoms with van der Waals surface area (Å²) in [5, 5.41) is 0. The Hall–Kier alpha value is -0.830. The molecule has 14 heavy (non-hydrogen) atoms. The Morgan fingerprint density at radius 2 is 2.14 bits per heavy atom. The molecule has 0 N–H and O–H groups in total. The quantitative estimate of drug-likeness (QED) is 0.772. The number of carbonyl (C=O) groups is 1. The summed E-state index contributed by atoms with van der Waals surface area (Å²) < 4.78 is 6.25. The van der Waals surface area contributed by atoms with Gasteiger partial charge in [-0.25, -0.2) is 0 Å². The van der Waals surface area contributed by atoms with Gasteiger partial charge in [0.1, 0.15) is 5.75 Å². The summed E-state index contributed by atoms with van der Waals surface area (Å²) in [5.41, 5.74) is 0.708. The molecule has 0 unspecified atom stereocenters. The molecule has 0 fully saturated rings. The van der Waals surface area contributed by atoms with Crippen LogP contribution in [0.5, 0.6) is 5.75 Å². The monoisotopic (exact) mass is 256 g/mol. The van der Waals surface area contributed by atoms with Crippen molar-refractivity contribution in [2.45, 2.75) is 20.3 Å². The van der Waals surface area contributed by atoms with Gasteiger partial charge in [0, 0.05) is 12.0 Å². The van der Waals surface area contributed by atoms with Gasteiger partial charge in [0.05, 0.1) is 11.1 Å². The lowest BCUT2D eigenvalue weighted by Crippen LogP contribution is -1.99. The van der Waals surface area contributed by atoms with E-state index in [1.165, 1.54) is 0 Å². The molecule has 2 nitrogen and oxygen atoms in total. The minimum atomic E-state index is 0.137. The zero-order chi connectivity index (χ0) is 10.6. The molecule has 1 aromatic rings. The van der Waals surface area contributed by atoms with Crippen LogP contribution in [0.1, 0.15) is 30.6 Å². The fraction of sp³-hybridized carbons (Fsp3) is 0.364. The summed E-state index contributed by atoms with van der Waals surface area (Å²) >= 11 is 3.37. The van der Waals surface area contributed by atoms with E-state index >= 15 is 0 Å². The van der Waals surface area contributed by atoms with Crippen molar-refractivity contribution < 1.29 is 9.53 Å². The van der Waals surface area contributed by atoms with Crippen molar-refractivity contribution in [3.8, 4) is 5.75 Å². The Balaban J connectivity index is 2.99. The van der Waals surface area contributed by atoms with Crippen LogP contribution in [-0.4, -0.2) is 12.4 Å². The number of hydrogen-bond donors (Lipinski definition) is 0. The average Bonchev–Trinajstić information content (AvgIpc) is 2.20. The van der Waals surface area contributed by atoms with Crippen molar-refractivity contribution in [1.82, 2.24) is 0 Å². The summed E-state index contributed by atoms with van der Waals surface area (Å²) in [6.07, 6.45) is 0.521. The number of ketones is 1. The molecule has 0 heterocycles. The van der Waals surface area contributed by atoms with Crippen LogP contribution in [-0.2, 0) is 0 Å². The van der Waals surface area contributed by atoms with E-state index in [1.54, 1.807) is 12.1 Å². The van der Waals surface area contributed by atoms with Crippen molar-refractivity contribution in [2.75, 3.05) is 6.61 Å². The van der Waals surface area contributed by atoms with E-state index in [-0.39, 0.29) is 5.78 Å². The lowest BCUT2D eigenvalue weighted by molar-refractivity contribution is 0.0987. The molecule has 0 aliphatic carbocycles. The molecule has 0 spiro atoms. The third kappa shape index (κ3) is 2.58. The lowest BCUT2D eigenvalue weighted by Gasteiger charge is -2.07. The molecule has 1 aromatic carbocycles. The number of hydrogen-bond acceptors (Lipinski definition) is 2. The highest BCUT2D eigenvalue weighted by atomic mass is 79.9. The molecule has 76 valence electrons. The highest BCUT2D eigenvalue weighted by Crippen LogP contribution is 2.26. The smallest absolute Gasteiger partial charge is 0.162 e. The normalized spacial score (nSPS) is 9.93. The van der Waals surface area contributed by atoms with Gasteiger partial charge in [-0.1, -0.05) is 13.0 Å². The second-order valence-electron chi connectivity index (χ2n) is 2.85. The predicted octanol–water partition coefficient (Wildman–Crippen LogP) is 3.44. The minimum absolute atomic E-state index is 0.137. The average molecular weight is 257 g/mol. The molecule has 0 saturated heterocycles. The number of rotatable bonds is 4. The van der Waals surface area contributed by atoms with Gasteiger partial charge in [-0.15, -0.1) is 0 Å². The van der Waals surface area contributed by atoms with Gasteiger partial charge >= 0.3 is 0 Å². The van der Waals surface area contributed by atoms with Crippen molar-refractivity contribution in [2.24, 2.45) is 0 Å². The highest BCUT2D eigenvalue weighted by Gasteiger charge is 2.07. The van der Waals surface area contributed by atoms with E-state index in [2.05, 4.69) is 15.9 Å². The number of benzene rings is 1. The fourth-order valence-electron chi connectivity index (χ4n) is 1.15. The van der Waals surface area contributed by atoms with E-state index < -0.39 is 0 Å². The third-order valence-electron chi connectivity index (χ3n) is 1.87. The van der Waals surface area contributed by atoms with E-state index in [0.29, 0.717) is 18.6 Å². The van der Waals surface area contributed by atoms with Crippen LogP contribution in [0.4, 0.5) is 0 Å². The van der Waals surface area contributed by atoms with Gasteiger partial charge in [0.25, 0.3) is 0 Å². The molecule has 0 aromatic heterocycles. The zero-order valence-corrected chi connectivity index (χ0v) is 9.93. The Labute approximate surface area is 92.4 Å². The molecule has 0 aliphatic rings. The van der Waals surface area contributed by atoms with Crippen molar-refractivity contribution in [3.05, 3.63) is 28.2 Å². The minimum Gasteiger partial charge on any atom is -0.493 e. The molecule has 0 atom stereocenters. The molecular weight excluding hydrogens is 244 g/mol. The van der Waals surface area contributed by atoms with Crippen molar-refractivity contribution in [3.63, 3.8) is 0 Å². The molecule has 0 saturated carbocycles. The molecule has 0 amide bonds. The van der Waals surface area contributed by atoms with Crippen molar-refractivity contribution in [1.29, 1.82) is 0 Å². The Morgan fingerprint density at radius 3 is 2.71 bits per heavy atom. The first-order valence-electron chi connectivity index (χ1n) is 4.64. The summed E-state index contributed by atoms with van der Waals surface area (Å²) in [5.74, 6) is 0.866. The second-order valence-corrected chi connectivity index (χ2v) is 3.71. The Morgan fingerprint density at radius 1 is 1.43 bits per heavy atom. The summed E-state index contributed by atoms with van der Waals surface area (Å²) in [6.45, 7) is 4.37. The Kier molecular flexibility index (Phi) is 4.14. The first-order chi connectivity index (χ1) is 6.69. The first kappa shape index (κ1) is 11.2. The molecule has 0 radical (unpaired) electrons. The van der Waals surface area contributed by atoms with Crippen LogP contribution < -0.4 is 4.74 Å². The van der Waals surface area contributed by atoms with Crippen LogP contribution in [0.3, 0.4) is 0 Å². The number of halogens is 1. The van der Waals surface area contributed by atoms with E-state index in [1.807, 2.05) is 19.9 Å². The summed E-state index contributed by atoms with van der Waals surface area (Å²) in [7, 11) is 0. The standard InChI is InChI=1S/C11H13BrO2/c1-3-10(13)8-5-6-9(12)11(7-8)14-4-2/h5-7H,3-4H2,1-2H3. The van der Waals surface area contributed by atoms with E-state index in [9.17, 15) is 4.79 Å². The van der Waals surface area contributed by atoms with Gasteiger partial charge in [0.2, 0.25) is 0 Å². The molecule has 0 aliphatic heterocycles.